The summed E-state index contributed by atoms with van der Waals surface area (Å²) >= 11 is 0. The number of carbonyl (C=O) groups is 1. The van der Waals surface area contributed by atoms with Gasteiger partial charge in [-0.15, -0.1) is 0 Å². The Morgan fingerprint density at radius 1 is 1.45 bits per heavy atom. The minimum absolute atomic E-state index is 0.0169. The number of hydrogen-bond acceptors (Lipinski definition) is 4. The van der Waals surface area contributed by atoms with E-state index in [2.05, 4.69) is 0 Å². The zero-order chi connectivity index (χ0) is 8.91. The Bertz CT molecular complexity index is 220. The lowest BCUT2D eigenvalue weighted by Gasteiger charge is -1.98. The maximum absolute atomic E-state index is 10.9. The molecule has 0 radical (unpaired) electrons. The van der Waals surface area contributed by atoms with Crippen molar-refractivity contribution in [2.24, 2.45) is 5.73 Å². The molecule has 11 heavy (non-hydrogen) atoms. The predicted molar refractivity (Wildman–Crippen MR) is 43.0 cm³/mol. The van der Waals surface area contributed by atoms with Crippen LogP contribution in [0.5, 0.6) is 0 Å². The fraction of sp³-hybridized carbons (Fsp3) is 0.833. The highest BCUT2D eigenvalue weighted by molar-refractivity contribution is 7.92. The Kier molecular flexibility index (Phi) is 4.29. The predicted octanol–water partition coefficient (Wildman–Crippen LogP) is -0.661. The van der Waals surface area contributed by atoms with E-state index in [0.717, 1.165) is 0 Å². The van der Waals surface area contributed by atoms with Crippen LogP contribution in [0, 0.1) is 0 Å². The molecule has 0 aromatic carbocycles. The summed E-state index contributed by atoms with van der Waals surface area (Å²) in [7, 11) is -3.17. The van der Waals surface area contributed by atoms with Crippen molar-refractivity contribution in [3.63, 3.8) is 0 Å². The second-order valence-corrected chi connectivity index (χ2v) is 4.62. The van der Waals surface area contributed by atoms with Crippen molar-refractivity contribution in [3.8, 4) is 0 Å². The van der Waals surface area contributed by atoms with Gasteiger partial charge in [-0.3, -0.25) is 4.79 Å². The minimum Gasteiger partial charge on any atom is -0.330 e. The second kappa shape index (κ2) is 4.46. The molecule has 5 heteroatoms. The van der Waals surface area contributed by atoms with Crippen LogP contribution in [-0.4, -0.2) is 32.3 Å². The third-order valence-electron chi connectivity index (χ3n) is 1.08. The standard InChI is InChI=1S/C6H13NO3S/c1-6(8)5-11(9,10)4-2-3-7/h2-5,7H2,1H3. The highest BCUT2D eigenvalue weighted by atomic mass is 32.2. The number of sulfone groups is 1. The van der Waals surface area contributed by atoms with E-state index in [1.165, 1.54) is 6.92 Å². The van der Waals surface area contributed by atoms with Gasteiger partial charge in [-0.2, -0.15) is 0 Å². The first-order chi connectivity index (χ1) is 4.98. The summed E-state index contributed by atoms with van der Waals surface area (Å²) in [5.41, 5.74) is 5.12. The number of carbonyl (C=O) groups excluding carboxylic acids is 1. The molecule has 0 rings (SSSR count). The van der Waals surface area contributed by atoms with Gasteiger partial charge in [0.1, 0.15) is 11.5 Å². The van der Waals surface area contributed by atoms with E-state index in [-0.39, 0.29) is 17.3 Å². The van der Waals surface area contributed by atoms with E-state index >= 15 is 0 Å². The van der Waals surface area contributed by atoms with Gasteiger partial charge < -0.3 is 5.73 Å². The number of Topliss-reactive ketones (excluding diaryl/α,β-unsaturated/α-hetero) is 1. The fourth-order valence-electron chi connectivity index (χ4n) is 0.685. The molecule has 0 aliphatic carbocycles. The summed E-state index contributed by atoms with van der Waals surface area (Å²) in [6, 6.07) is 0. The van der Waals surface area contributed by atoms with E-state index in [9.17, 15) is 13.2 Å². The van der Waals surface area contributed by atoms with Crippen molar-refractivity contribution >= 4 is 15.6 Å². The molecule has 0 unspecified atom stereocenters. The molecule has 4 nitrogen and oxygen atoms in total. The van der Waals surface area contributed by atoms with Gasteiger partial charge in [0.15, 0.2) is 9.84 Å². The Hall–Kier alpha value is -0.420. The quantitative estimate of drug-likeness (QED) is 0.607. The summed E-state index contributed by atoms with van der Waals surface area (Å²) in [5.74, 6) is -0.655. The van der Waals surface area contributed by atoms with E-state index in [1.807, 2.05) is 0 Å². The normalized spacial score (nSPS) is 11.5. The van der Waals surface area contributed by atoms with Crippen LogP contribution in [0.1, 0.15) is 13.3 Å². The maximum Gasteiger partial charge on any atom is 0.157 e. The monoisotopic (exact) mass is 179 g/mol. The van der Waals surface area contributed by atoms with Gasteiger partial charge in [0.05, 0.1) is 5.75 Å². The first-order valence-corrected chi connectivity index (χ1v) is 5.20. The molecule has 66 valence electrons. The summed E-state index contributed by atoms with van der Waals surface area (Å²) in [6.45, 7) is 1.61. The van der Waals surface area contributed by atoms with Crippen LogP contribution in [-0.2, 0) is 14.6 Å². The first kappa shape index (κ1) is 10.6. The third-order valence-corrected chi connectivity index (χ3v) is 2.84. The highest BCUT2D eigenvalue weighted by Crippen LogP contribution is 1.93. The van der Waals surface area contributed by atoms with Gasteiger partial charge in [-0.1, -0.05) is 0 Å². The van der Waals surface area contributed by atoms with Crippen molar-refractivity contribution in [2.75, 3.05) is 18.1 Å². The minimum atomic E-state index is -3.17. The highest BCUT2D eigenvalue weighted by Gasteiger charge is 2.11. The van der Waals surface area contributed by atoms with Crippen LogP contribution in [0.25, 0.3) is 0 Å². The van der Waals surface area contributed by atoms with E-state index in [4.69, 9.17) is 5.73 Å². The SMILES string of the molecule is CC(=O)CS(=O)(=O)CCCN. The van der Waals surface area contributed by atoms with Crippen molar-refractivity contribution < 1.29 is 13.2 Å². The lowest BCUT2D eigenvalue weighted by Crippen LogP contribution is -2.18. The van der Waals surface area contributed by atoms with Gasteiger partial charge >= 0.3 is 0 Å². The summed E-state index contributed by atoms with van der Waals surface area (Å²) in [6.07, 6.45) is 0.426. The zero-order valence-electron chi connectivity index (χ0n) is 6.54. The maximum atomic E-state index is 10.9. The van der Waals surface area contributed by atoms with Gasteiger partial charge in [-0.05, 0) is 19.9 Å². The number of hydrogen-bond donors (Lipinski definition) is 1. The fourth-order valence-corrected chi connectivity index (χ4v) is 2.06. The van der Waals surface area contributed by atoms with Gasteiger partial charge in [0.25, 0.3) is 0 Å². The largest absolute Gasteiger partial charge is 0.330 e. The molecule has 0 aromatic heterocycles. The van der Waals surface area contributed by atoms with Crippen molar-refractivity contribution in [3.05, 3.63) is 0 Å². The molecule has 0 amide bonds. The number of nitrogens with two attached hydrogens (primary N) is 1. The van der Waals surface area contributed by atoms with Crippen molar-refractivity contribution in [1.29, 1.82) is 0 Å². The summed E-state index contributed by atoms with van der Waals surface area (Å²) in [5, 5.41) is 0. The molecule has 0 aromatic rings. The molecule has 0 fully saturated rings. The zero-order valence-corrected chi connectivity index (χ0v) is 7.36. The lowest BCUT2D eigenvalue weighted by atomic mass is 10.5. The summed E-state index contributed by atoms with van der Waals surface area (Å²) < 4.78 is 21.8. The average Bonchev–Trinajstić information content (AvgIpc) is 1.81. The Morgan fingerprint density at radius 3 is 2.36 bits per heavy atom. The smallest absolute Gasteiger partial charge is 0.157 e. The Balaban J connectivity index is 3.92. The molecule has 0 heterocycles. The van der Waals surface area contributed by atoms with Crippen LogP contribution in [0.4, 0.5) is 0 Å². The molecule has 0 atom stereocenters. The molecule has 0 aliphatic heterocycles. The van der Waals surface area contributed by atoms with Crippen LogP contribution >= 0.6 is 0 Å². The Labute approximate surface area is 66.7 Å². The number of ketones is 1. The van der Waals surface area contributed by atoms with Crippen LogP contribution < -0.4 is 5.73 Å². The molecular formula is C6H13NO3S. The molecule has 2 N–H and O–H groups in total. The van der Waals surface area contributed by atoms with E-state index in [0.29, 0.717) is 13.0 Å². The number of rotatable bonds is 5. The molecular weight excluding hydrogens is 166 g/mol. The van der Waals surface area contributed by atoms with Gasteiger partial charge in [0, 0.05) is 0 Å². The van der Waals surface area contributed by atoms with Gasteiger partial charge in [-0.25, -0.2) is 8.42 Å². The van der Waals surface area contributed by atoms with Crippen molar-refractivity contribution in [1.82, 2.24) is 0 Å². The van der Waals surface area contributed by atoms with Gasteiger partial charge in [0.2, 0.25) is 0 Å². The van der Waals surface area contributed by atoms with E-state index < -0.39 is 9.84 Å². The molecule has 0 saturated carbocycles. The Morgan fingerprint density at radius 2 is 2.00 bits per heavy atom. The second-order valence-electron chi connectivity index (χ2n) is 2.44. The topological polar surface area (TPSA) is 77.2 Å². The lowest BCUT2D eigenvalue weighted by molar-refractivity contribution is -0.114. The molecule has 0 spiro atoms. The molecule has 0 bridgehead atoms. The summed E-state index contributed by atoms with van der Waals surface area (Å²) in [4.78, 5) is 10.4. The van der Waals surface area contributed by atoms with Crippen molar-refractivity contribution in [2.45, 2.75) is 13.3 Å². The van der Waals surface area contributed by atoms with E-state index in [1.54, 1.807) is 0 Å². The van der Waals surface area contributed by atoms with Crippen LogP contribution in [0.15, 0.2) is 0 Å². The van der Waals surface area contributed by atoms with Crippen LogP contribution in [0.2, 0.25) is 0 Å². The average molecular weight is 179 g/mol. The third kappa shape index (κ3) is 6.00. The molecule has 0 aliphatic rings. The molecule has 0 saturated heterocycles. The first-order valence-electron chi connectivity index (χ1n) is 3.38. The van der Waals surface area contributed by atoms with Crippen LogP contribution in [0.3, 0.4) is 0 Å².